The summed E-state index contributed by atoms with van der Waals surface area (Å²) in [6.45, 7) is 3.28. The maximum atomic E-state index is 12.8. The SMILES string of the molecule is Cc1nc(-c2ccc(C(F)(F)F)cc2)sc1C(=O)N1CCCCCC1. The Balaban J connectivity index is 1.83. The van der Waals surface area contributed by atoms with E-state index in [9.17, 15) is 18.0 Å². The van der Waals surface area contributed by atoms with Gasteiger partial charge in [0, 0.05) is 18.7 Å². The van der Waals surface area contributed by atoms with Crippen molar-refractivity contribution in [3.8, 4) is 10.6 Å². The summed E-state index contributed by atoms with van der Waals surface area (Å²) in [5, 5.41) is 0.574. The Morgan fingerprint density at radius 3 is 2.24 bits per heavy atom. The van der Waals surface area contributed by atoms with Crippen molar-refractivity contribution in [1.29, 1.82) is 0 Å². The van der Waals surface area contributed by atoms with Crippen molar-refractivity contribution in [3.63, 3.8) is 0 Å². The number of likely N-dealkylation sites (tertiary alicyclic amines) is 1. The number of carbonyl (C=O) groups is 1. The van der Waals surface area contributed by atoms with Gasteiger partial charge in [-0.15, -0.1) is 11.3 Å². The van der Waals surface area contributed by atoms with E-state index in [4.69, 9.17) is 0 Å². The van der Waals surface area contributed by atoms with Crippen LogP contribution in [0, 0.1) is 6.92 Å². The van der Waals surface area contributed by atoms with Crippen molar-refractivity contribution >= 4 is 17.2 Å². The number of carbonyl (C=O) groups excluding carboxylic acids is 1. The molecule has 0 saturated carbocycles. The lowest BCUT2D eigenvalue weighted by molar-refractivity contribution is -0.137. The van der Waals surface area contributed by atoms with Gasteiger partial charge in [0.25, 0.3) is 5.91 Å². The van der Waals surface area contributed by atoms with Crippen molar-refractivity contribution in [2.45, 2.75) is 38.8 Å². The molecule has 1 fully saturated rings. The number of aryl methyl sites for hydroxylation is 1. The first-order valence-electron chi connectivity index (χ1n) is 8.30. The molecule has 0 unspecified atom stereocenters. The minimum Gasteiger partial charge on any atom is -0.338 e. The summed E-state index contributed by atoms with van der Waals surface area (Å²) in [6, 6.07) is 4.90. The quantitative estimate of drug-likeness (QED) is 0.734. The molecule has 134 valence electrons. The first-order chi connectivity index (χ1) is 11.9. The van der Waals surface area contributed by atoms with Crippen LogP contribution in [-0.2, 0) is 6.18 Å². The Morgan fingerprint density at radius 1 is 1.08 bits per heavy atom. The average molecular weight is 368 g/mol. The zero-order valence-electron chi connectivity index (χ0n) is 13.9. The molecule has 2 aromatic rings. The molecule has 3 rings (SSSR count). The molecule has 25 heavy (non-hydrogen) atoms. The minimum atomic E-state index is -4.36. The lowest BCUT2D eigenvalue weighted by Crippen LogP contribution is -2.31. The van der Waals surface area contributed by atoms with Gasteiger partial charge in [0.1, 0.15) is 9.88 Å². The third-order valence-corrected chi connectivity index (χ3v) is 5.54. The summed E-state index contributed by atoms with van der Waals surface area (Å²) >= 11 is 1.25. The van der Waals surface area contributed by atoms with Gasteiger partial charge in [-0.3, -0.25) is 4.79 Å². The number of thiazole rings is 1. The second-order valence-electron chi connectivity index (χ2n) is 6.22. The van der Waals surface area contributed by atoms with E-state index in [-0.39, 0.29) is 5.91 Å². The molecule has 0 bridgehead atoms. The topological polar surface area (TPSA) is 33.2 Å². The molecule has 0 spiro atoms. The number of hydrogen-bond donors (Lipinski definition) is 0. The van der Waals surface area contributed by atoms with E-state index in [0.717, 1.165) is 50.9 Å². The van der Waals surface area contributed by atoms with Crippen LogP contribution in [0.25, 0.3) is 10.6 Å². The van der Waals surface area contributed by atoms with Gasteiger partial charge in [-0.05, 0) is 31.9 Å². The van der Waals surface area contributed by atoms with Gasteiger partial charge in [-0.1, -0.05) is 25.0 Å². The maximum absolute atomic E-state index is 12.8. The van der Waals surface area contributed by atoms with Gasteiger partial charge in [-0.25, -0.2) is 4.98 Å². The van der Waals surface area contributed by atoms with Crippen LogP contribution >= 0.6 is 11.3 Å². The number of halogens is 3. The van der Waals surface area contributed by atoms with Crippen molar-refractivity contribution in [3.05, 3.63) is 40.4 Å². The van der Waals surface area contributed by atoms with E-state index in [1.54, 1.807) is 6.92 Å². The van der Waals surface area contributed by atoms with Crippen molar-refractivity contribution < 1.29 is 18.0 Å². The van der Waals surface area contributed by atoms with Gasteiger partial charge >= 0.3 is 6.18 Å². The third-order valence-electron chi connectivity index (χ3n) is 4.34. The normalized spacial score (nSPS) is 15.9. The number of nitrogens with zero attached hydrogens (tertiary/aromatic N) is 2. The van der Waals surface area contributed by atoms with Gasteiger partial charge in [0.15, 0.2) is 0 Å². The monoisotopic (exact) mass is 368 g/mol. The number of aromatic nitrogens is 1. The molecule has 2 heterocycles. The minimum absolute atomic E-state index is 0.0185. The Morgan fingerprint density at radius 2 is 1.68 bits per heavy atom. The summed E-state index contributed by atoms with van der Waals surface area (Å²) in [4.78, 5) is 19.6. The molecule has 1 aromatic carbocycles. The first kappa shape index (κ1) is 17.9. The molecule has 1 aliphatic rings. The Bertz CT molecular complexity index is 745. The average Bonchev–Trinajstić information content (AvgIpc) is 2.79. The number of benzene rings is 1. The highest BCUT2D eigenvalue weighted by atomic mass is 32.1. The Hall–Kier alpha value is -1.89. The van der Waals surface area contributed by atoms with Crippen molar-refractivity contribution in [2.75, 3.05) is 13.1 Å². The van der Waals surface area contributed by atoms with Crippen molar-refractivity contribution in [1.82, 2.24) is 9.88 Å². The molecule has 7 heteroatoms. The number of alkyl halides is 3. The molecular weight excluding hydrogens is 349 g/mol. The second kappa shape index (κ2) is 7.15. The zero-order chi connectivity index (χ0) is 18.0. The predicted molar refractivity (Wildman–Crippen MR) is 91.7 cm³/mol. The smallest absolute Gasteiger partial charge is 0.338 e. The first-order valence-corrected chi connectivity index (χ1v) is 9.12. The summed E-state index contributed by atoms with van der Waals surface area (Å²) < 4.78 is 38.0. The largest absolute Gasteiger partial charge is 0.416 e. The Labute approximate surface area is 148 Å². The van der Waals surface area contributed by atoms with Crippen molar-refractivity contribution in [2.24, 2.45) is 0 Å². The van der Waals surface area contributed by atoms with E-state index in [2.05, 4.69) is 4.98 Å². The highest BCUT2D eigenvalue weighted by Crippen LogP contribution is 2.33. The standard InChI is InChI=1S/C18H19F3N2OS/c1-12-15(17(24)23-10-4-2-3-5-11-23)25-16(22-12)13-6-8-14(9-7-13)18(19,20)21/h6-9H,2-5,10-11H2,1H3. The van der Waals surface area contributed by atoms with Crippen LogP contribution in [-0.4, -0.2) is 28.9 Å². The van der Waals surface area contributed by atoms with Gasteiger partial charge in [-0.2, -0.15) is 13.2 Å². The second-order valence-corrected chi connectivity index (χ2v) is 7.21. The molecule has 0 atom stereocenters. The molecule has 1 aliphatic heterocycles. The fourth-order valence-corrected chi connectivity index (χ4v) is 3.98. The van der Waals surface area contributed by atoms with Gasteiger partial charge in [0.2, 0.25) is 0 Å². The highest BCUT2D eigenvalue weighted by Gasteiger charge is 2.30. The zero-order valence-corrected chi connectivity index (χ0v) is 14.7. The van der Waals surface area contributed by atoms with Crippen LogP contribution in [0.4, 0.5) is 13.2 Å². The van der Waals surface area contributed by atoms with E-state index in [1.807, 2.05) is 4.90 Å². The van der Waals surface area contributed by atoms with E-state index >= 15 is 0 Å². The van der Waals surface area contributed by atoms with Crippen LogP contribution < -0.4 is 0 Å². The fraction of sp³-hybridized carbons (Fsp3) is 0.444. The molecule has 1 saturated heterocycles. The summed E-state index contributed by atoms with van der Waals surface area (Å²) in [5.41, 5.74) is 0.538. The Kier molecular flexibility index (Phi) is 5.13. The summed E-state index contributed by atoms with van der Waals surface area (Å²) in [7, 11) is 0. The van der Waals surface area contributed by atoms with E-state index in [0.29, 0.717) is 21.1 Å². The van der Waals surface area contributed by atoms with E-state index < -0.39 is 11.7 Å². The number of amides is 1. The highest BCUT2D eigenvalue weighted by molar-refractivity contribution is 7.17. The number of hydrogen-bond acceptors (Lipinski definition) is 3. The summed E-state index contributed by atoms with van der Waals surface area (Å²) in [6.07, 6.45) is -0.0551. The van der Waals surface area contributed by atoms with Crippen LogP contribution in [0.5, 0.6) is 0 Å². The molecule has 1 amide bonds. The third kappa shape index (κ3) is 4.03. The van der Waals surface area contributed by atoms with Crippen LogP contribution in [0.1, 0.15) is 46.6 Å². The predicted octanol–water partition coefficient (Wildman–Crippen LogP) is 5.15. The molecule has 0 aliphatic carbocycles. The molecule has 1 aromatic heterocycles. The van der Waals surface area contributed by atoms with Gasteiger partial charge in [0.05, 0.1) is 11.3 Å². The lowest BCUT2D eigenvalue weighted by atomic mass is 10.1. The van der Waals surface area contributed by atoms with Crippen LogP contribution in [0.15, 0.2) is 24.3 Å². The fourth-order valence-electron chi connectivity index (χ4n) is 2.94. The maximum Gasteiger partial charge on any atom is 0.416 e. The molecule has 3 nitrogen and oxygen atoms in total. The van der Waals surface area contributed by atoms with Gasteiger partial charge < -0.3 is 4.90 Å². The van der Waals surface area contributed by atoms with Crippen LogP contribution in [0.3, 0.4) is 0 Å². The van der Waals surface area contributed by atoms with E-state index in [1.165, 1.54) is 23.5 Å². The molecule has 0 radical (unpaired) electrons. The molecule has 0 N–H and O–H groups in total. The summed E-state index contributed by atoms with van der Waals surface area (Å²) in [5.74, 6) is -0.0185. The molecular formula is C18H19F3N2OS. The lowest BCUT2D eigenvalue weighted by Gasteiger charge is -2.19. The van der Waals surface area contributed by atoms with Crippen LogP contribution in [0.2, 0.25) is 0 Å². The number of rotatable bonds is 2.